The van der Waals surface area contributed by atoms with Crippen LogP contribution in [-0.2, 0) is 38.1 Å². The van der Waals surface area contributed by atoms with Crippen molar-refractivity contribution in [2.45, 2.75) is 91.3 Å². The van der Waals surface area contributed by atoms with Gasteiger partial charge in [0.25, 0.3) is 0 Å². The number of aliphatic hydroxyl groups is 1. The summed E-state index contributed by atoms with van der Waals surface area (Å²) in [5.74, 6) is -4.75. The van der Waals surface area contributed by atoms with Crippen molar-refractivity contribution >= 4 is 23.9 Å². The zero-order valence-corrected chi connectivity index (χ0v) is 22.1. The fraction of sp³-hybridized carbons (Fsp3) is 0.630. The van der Waals surface area contributed by atoms with Crippen LogP contribution < -0.4 is 0 Å². The summed E-state index contributed by atoms with van der Waals surface area (Å²) in [4.78, 5) is 50.7. The molecule has 198 valence electrons. The van der Waals surface area contributed by atoms with E-state index in [9.17, 15) is 24.3 Å². The summed E-state index contributed by atoms with van der Waals surface area (Å²) in [6, 6.07) is 0. The average molecular weight is 505 g/mol. The summed E-state index contributed by atoms with van der Waals surface area (Å²) in [5.41, 5.74) is -1.79. The molecule has 0 spiro atoms. The molecule has 8 unspecified atom stereocenters. The maximum Gasteiger partial charge on any atom is 0.351 e. The van der Waals surface area contributed by atoms with Gasteiger partial charge in [0, 0.05) is 36.3 Å². The summed E-state index contributed by atoms with van der Waals surface area (Å²) in [7, 11) is 0. The molecule has 8 atom stereocenters. The monoisotopic (exact) mass is 504 g/mol. The summed E-state index contributed by atoms with van der Waals surface area (Å²) in [6.07, 6.45) is 2.16. The van der Waals surface area contributed by atoms with Gasteiger partial charge in [0.1, 0.15) is 18.3 Å². The number of carbonyl (C=O) groups excluding carboxylic acids is 4. The second kappa shape index (κ2) is 9.84. The van der Waals surface area contributed by atoms with Gasteiger partial charge < -0.3 is 24.1 Å². The fourth-order valence-electron chi connectivity index (χ4n) is 5.73. The Bertz CT molecular complexity index is 1050. The highest BCUT2D eigenvalue weighted by molar-refractivity contribution is 5.92. The zero-order chi connectivity index (χ0) is 27.2. The van der Waals surface area contributed by atoms with Gasteiger partial charge in [-0.2, -0.15) is 0 Å². The molecule has 3 aliphatic rings. The van der Waals surface area contributed by atoms with Crippen LogP contribution in [0.25, 0.3) is 0 Å². The summed E-state index contributed by atoms with van der Waals surface area (Å²) in [6.45, 7) is 12.7. The molecule has 1 N–H and O–H groups in total. The molecule has 2 fully saturated rings. The van der Waals surface area contributed by atoms with Crippen LogP contribution in [0.2, 0.25) is 0 Å². The number of esters is 4. The number of rotatable bonds is 5. The minimum Gasteiger partial charge on any atom is -0.462 e. The Morgan fingerprint density at radius 3 is 2.17 bits per heavy atom. The van der Waals surface area contributed by atoms with Crippen molar-refractivity contribution in [3.05, 3.63) is 34.9 Å². The van der Waals surface area contributed by atoms with Crippen LogP contribution in [0.5, 0.6) is 0 Å². The van der Waals surface area contributed by atoms with Crippen LogP contribution in [0, 0.1) is 17.8 Å². The van der Waals surface area contributed by atoms with E-state index in [0.29, 0.717) is 11.1 Å². The first-order valence-electron chi connectivity index (χ1n) is 12.2. The van der Waals surface area contributed by atoms with E-state index in [1.165, 1.54) is 13.8 Å². The van der Waals surface area contributed by atoms with Gasteiger partial charge in [-0.05, 0) is 54.5 Å². The van der Waals surface area contributed by atoms with E-state index in [1.54, 1.807) is 52.8 Å². The van der Waals surface area contributed by atoms with Gasteiger partial charge in [0.15, 0.2) is 0 Å². The lowest BCUT2D eigenvalue weighted by Crippen LogP contribution is -2.51. The molecule has 3 rings (SSSR count). The van der Waals surface area contributed by atoms with Crippen LogP contribution in [0.1, 0.15) is 61.8 Å². The fourth-order valence-corrected chi connectivity index (χ4v) is 5.73. The van der Waals surface area contributed by atoms with Crippen LogP contribution in [0.3, 0.4) is 0 Å². The molecule has 1 heterocycles. The van der Waals surface area contributed by atoms with Gasteiger partial charge in [-0.25, -0.2) is 14.4 Å². The quantitative estimate of drug-likeness (QED) is 0.260. The Morgan fingerprint density at radius 2 is 1.61 bits per heavy atom. The lowest BCUT2D eigenvalue weighted by Gasteiger charge is -2.37. The highest BCUT2D eigenvalue weighted by Gasteiger charge is 2.69. The van der Waals surface area contributed by atoms with Crippen molar-refractivity contribution < 1.29 is 43.2 Å². The van der Waals surface area contributed by atoms with E-state index in [1.807, 2.05) is 6.92 Å². The number of hydrogen-bond acceptors (Lipinski definition) is 9. The predicted molar refractivity (Wildman–Crippen MR) is 128 cm³/mol. The van der Waals surface area contributed by atoms with Gasteiger partial charge in [-0.15, -0.1) is 0 Å². The predicted octanol–water partition coefficient (Wildman–Crippen LogP) is 2.95. The minimum atomic E-state index is -1.77. The lowest BCUT2D eigenvalue weighted by atomic mass is 9.74. The Balaban J connectivity index is 2.11. The van der Waals surface area contributed by atoms with Crippen LogP contribution in [0.15, 0.2) is 34.9 Å². The molecule has 36 heavy (non-hydrogen) atoms. The van der Waals surface area contributed by atoms with Crippen molar-refractivity contribution in [1.29, 1.82) is 0 Å². The summed E-state index contributed by atoms with van der Waals surface area (Å²) in [5, 5.41) is 11.7. The van der Waals surface area contributed by atoms with E-state index in [-0.39, 0.29) is 6.42 Å². The molecule has 1 aliphatic heterocycles. The second-order valence-corrected chi connectivity index (χ2v) is 10.4. The van der Waals surface area contributed by atoms with Crippen LogP contribution >= 0.6 is 0 Å². The number of ether oxygens (including phenoxy) is 4. The number of allylic oxidation sites excluding steroid dienone is 2. The standard InChI is InChI=1S/C27H36O9/c1-9-13(3)23(29)34-17-11-15(5)19-20(17)26(7,32)12-18(33-16(6)28)21-22(19)35-25(31)27(21,8)36-24(30)14(4)10-2/h9-11,17-22,32H,12H2,1-8H3. The molecule has 1 saturated carbocycles. The largest absolute Gasteiger partial charge is 0.462 e. The van der Waals surface area contributed by atoms with Crippen LogP contribution in [0.4, 0.5) is 0 Å². The van der Waals surface area contributed by atoms with Crippen LogP contribution in [-0.4, -0.2) is 58.5 Å². The molecule has 2 aliphatic carbocycles. The molecule has 0 aromatic rings. The SMILES string of the molecule is CC=C(C)C(=O)OC1C=C(C)C2C3OC(=O)C(C)(OC(=O)C(C)=CC)C3C(OC(C)=O)CC(C)(O)C12. The molecule has 0 amide bonds. The Kier molecular flexibility index (Phi) is 7.56. The molecule has 0 aromatic carbocycles. The van der Waals surface area contributed by atoms with Crippen molar-refractivity contribution in [2.75, 3.05) is 0 Å². The first-order valence-corrected chi connectivity index (χ1v) is 12.2. The van der Waals surface area contributed by atoms with Gasteiger partial charge in [0.2, 0.25) is 5.60 Å². The Hall–Kier alpha value is -2.94. The third-order valence-electron chi connectivity index (χ3n) is 7.79. The number of hydrogen-bond donors (Lipinski definition) is 1. The third-order valence-corrected chi connectivity index (χ3v) is 7.79. The molecular formula is C27H36O9. The maximum absolute atomic E-state index is 13.3. The third kappa shape index (κ3) is 4.73. The van der Waals surface area contributed by atoms with E-state index < -0.39 is 71.1 Å². The first kappa shape index (κ1) is 27.6. The molecule has 1 saturated heterocycles. The zero-order valence-electron chi connectivity index (χ0n) is 22.1. The molecule has 9 nitrogen and oxygen atoms in total. The van der Waals surface area contributed by atoms with Crippen molar-refractivity contribution in [2.24, 2.45) is 17.8 Å². The second-order valence-electron chi connectivity index (χ2n) is 10.4. The summed E-state index contributed by atoms with van der Waals surface area (Å²) < 4.78 is 23.0. The van der Waals surface area contributed by atoms with Crippen molar-refractivity contribution in [1.82, 2.24) is 0 Å². The smallest absolute Gasteiger partial charge is 0.351 e. The lowest BCUT2D eigenvalue weighted by molar-refractivity contribution is -0.179. The highest BCUT2D eigenvalue weighted by Crippen LogP contribution is 2.55. The molecule has 0 radical (unpaired) electrons. The normalized spacial score (nSPS) is 38.2. The maximum atomic E-state index is 13.3. The number of carbonyl (C=O) groups is 4. The molecule has 0 bridgehead atoms. The average Bonchev–Trinajstić information content (AvgIpc) is 3.20. The number of fused-ring (bicyclic) bond motifs is 3. The summed E-state index contributed by atoms with van der Waals surface area (Å²) >= 11 is 0. The van der Waals surface area contributed by atoms with Gasteiger partial charge in [-0.3, -0.25) is 4.79 Å². The molecular weight excluding hydrogens is 468 g/mol. The van der Waals surface area contributed by atoms with Gasteiger partial charge in [-0.1, -0.05) is 17.7 Å². The van der Waals surface area contributed by atoms with E-state index in [4.69, 9.17) is 18.9 Å². The molecule has 9 heteroatoms. The van der Waals surface area contributed by atoms with Crippen molar-refractivity contribution in [3.63, 3.8) is 0 Å². The highest BCUT2D eigenvalue weighted by atomic mass is 16.6. The van der Waals surface area contributed by atoms with E-state index >= 15 is 0 Å². The minimum absolute atomic E-state index is 0.0843. The Labute approximate surface area is 211 Å². The van der Waals surface area contributed by atoms with E-state index in [0.717, 1.165) is 5.57 Å². The topological polar surface area (TPSA) is 125 Å². The Morgan fingerprint density at radius 1 is 1.03 bits per heavy atom. The first-order chi connectivity index (χ1) is 16.7. The molecule has 0 aromatic heterocycles. The van der Waals surface area contributed by atoms with E-state index in [2.05, 4.69) is 0 Å². The van der Waals surface area contributed by atoms with Crippen molar-refractivity contribution in [3.8, 4) is 0 Å². The van der Waals surface area contributed by atoms with Gasteiger partial charge >= 0.3 is 23.9 Å². The van der Waals surface area contributed by atoms with Gasteiger partial charge in [0.05, 0.1) is 11.5 Å².